The van der Waals surface area contributed by atoms with Gasteiger partial charge in [-0.15, -0.1) is 11.3 Å². The van der Waals surface area contributed by atoms with E-state index in [2.05, 4.69) is 23.5 Å². The van der Waals surface area contributed by atoms with Crippen molar-refractivity contribution in [1.29, 1.82) is 0 Å². The van der Waals surface area contributed by atoms with Crippen molar-refractivity contribution in [3.8, 4) is 0 Å². The molecule has 0 radical (unpaired) electrons. The predicted molar refractivity (Wildman–Crippen MR) is 90.5 cm³/mol. The van der Waals surface area contributed by atoms with Crippen molar-refractivity contribution in [1.82, 2.24) is 5.32 Å². The molecule has 0 unspecified atom stereocenters. The van der Waals surface area contributed by atoms with Crippen LogP contribution in [-0.2, 0) is 16.0 Å². The molecule has 0 spiro atoms. The molecule has 1 aromatic heterocycles. The third kappa shape index (κ3) is 5.24. The summed E-state index contributed by atoms with van der Waals surface area (Å²) < 4.78 is 11.6. The van der Waals surface area contributed by atoms with E-state index < -0.39 is 0 Å². The first-order valence-electron chi connectivity index (χ1n) is 7.26. The number of ether oxygens (including phenoxy) is 2. The van der Waals surface area contributed by atoms with Crippen LogP contribution in [0, 0.1) is 0 Å². The van der Waals surface area contributed by atoms with Gasteiger partial charge < -0.3 is 14.8 Å². The van der Waals surface area contributed by atoms with Gasteiger partial charge in [-0.1, -0.05) is 29.8 Å². The average Bonchev–Trinajstić information content (AvgIpc) is 2.83. The van der Waals surface area contributed by atoms with Crippen LogP contribution in [-0.4, -0.2) is 33.5 Å². The number of fused-ring (bicyclic) bond motifs is 1. The summed E-state index contributed by atoms with van der Waals surface area (Å²) in [6, 6.07) is 8.28. The van der Waals surface area contributed by atoms with Crippen molar-refractivity contribution in [3.05, 3.63) is 34.2 Å². The molecule has 0 aliphatic carbocycles. The van der Waals surface area contributed by atoms with Gasteiger partial charge in [-0.2, -0.15) is 0 Å². The van der Waals surface area contributed by atoms with Gasteiger partial charge in [-0.05, 0) is 25.5 Å². The molecule has 1 aromatic carbocycles. The van der Waals surface area contributed by atoms with Crippen molar-refractivity contribution >= 4 is 33.0 Å². The van der Waals surface area contributed by atoms with Crippen LogP contribution in [0.5, 0.6) is 0 Å². The Balaban J connectivity index is 1.63. The Kier molecular flexibility index (Phi) is 7.47. The molecule has 0 saturated carbocycles. The molecular weight excluding hydrogens is 306 g/mol. The third-order valence-electron chi connectivity index (χ3n) is 3.21. The lowest BCUT2D eigenvalue weighted by molar-refractivity contribution is 0.0688. The van der Waals surface area contributed by atoms with E-state index >= 15 is 0 Å². The molecule has 5 heteroatoms. The minimum Gasteiger partial charge on any atom is -0.382 e. The van der Waals surface area contributed by atoms with E-state index in [-0.39, 0.29) is 0 Å². The third-order valence-corrected chi connectivity index (χ3v) is 4.93. The number of nitrogens with one attached hydrogen (secondary N) is 1. The molecule has 0 aliphatic heterocycles. The van der Waals surface area contributed by atoms with E-state index in [1.54, 1.807) is 18.4 Å². The maximum atomic E-state index is 6.41. The number of benzene rings is 1. The molecule has 0 amide bonds. The molecule has 1 N–H and O–H groups in total. The van der Waals surface area contributed by atoms with E-state index in [9.17, 15) is 0 Å². The predicted octanol–water partition coefficient (Wildman–Crippen LogP) is 4.09. The van der Waals surface area contributed by atoms with Crippen molar-refractivity contribution in [2.75, 3.05) is 33.5 Å². The van der Waals surface area contributed by atoms with Gasteiger partial charge in [-0.25, -0.2) is 0 Å². The van der Waals surface area contributed by atoms with Crippen LogP contribution in [0.1, 0.15) is 17.7 Å². The summed E-state index contributed by atoms with van der Waals surface area (Å²) in [6.45, 7) is 3.97. The fourth-order valence-corrected chi connectivity index (χ4v) is 3.55. The van der Waals surface area contributed by atoms with E-state index in [0.29, 0.717) is 13.2 Å². The average molecular weight is 328 g/mol. The maximum absolute atomic E-state index is 6.41. The topological polar surface area (TPSA) is 30.5 Å². The quantitative estimate of drug-likeness (QED) is 0.667. The minimum atomic E-state index is 0.669. The molecule has 21 heavy (non-hydrogen) atoms. The number of hydrogen-bond acceptors (Lipinski definition) is 4. The van der Waals surface area contributed by atoms with Crippen molar-refractivity contribution in [2.45, 2.75) is 19.4 Å². The normalized spacial score (nSPS) is 11.3. The molecular formula is C16H22ClNO2S. The monoisotopic (exact) mass is 327 g/mol. The van der Waals surface area contributed by atoms with Crippen molar-refractivity contribution in [2.24, 2.45) is 0 Å². The zero-order valence-electron chi connectivity index (χ0n) is 12.4. The Morgan fingerprint density at radius 1 is 1.14 bits per heavy atom. The van der Waals surface area contributed by atoms with Gasteiger partial charge >= 0.3 is 0 Å². The van der Waals surface area contributed by atoms with Crippen LogP contribution < -0.4 is 5.32 Å². The summed E-state index contributed by atoms with van der Waals surface area (Å²) in [5, 5.41) is 5.51. The second-order valence-electron chi connectivity index (χ2n) is 4.82. The molecule has 0 atom stereocenters. The van der Waals surface area contributed by atoms with Crippen molar-refractivity contribution in [3.63, 3.8) is 0 Å². The van der Waals surface area contributed by atoms with Gasteiger partial charge in [0.15, 0.2) is 0 Å². The van der Waals surface area contributed by atoms with Gasteiger partial charge in [0.25, 0.3) is 0 Å². The lowest BCUT2D eigenvalue weighted by Gasteiger charge is -2.05. The molecule has 1 heterocycles. The molecule has 2 aromatic rings. The largest absolute Gasteiger partial charge is 0.382 e. The molecule has 116 valence electrons. The van der Waals surface area contributed by atoms with E-state index in [1.165, 1.54) is 9.58 Å². The van der Waals surface area contributed by atoms with E-state index in [0.717, 1.165) is 42.9 Å². The Bertz CT molecular complexity index is 544. The molecule has 0 bridgehead atoms. The minimum absolute atomic E-state index is 0.669. The fourth-order valence-electron chi connectivity index (χ4n) is 2.08. The first-order valence-corrected chi connectivity index (χ1v) is 8.45. The zero-order chi connectivity index (χ0) is 14.9. The second-order valence-corrected chi connectivity index (χ2v) is 6.34. The Morgan fingerprint density at radius 3 is 2.81 bits per heavy atom. The number of rotatable bonds is 10. The zero-order valence-corrected chi connectivity index (χ0v) is 13.9. The van der Waals surface area contributed by atoms with E-state index in [1.807, 2.05) is 6.07 Å². The highest BCUT2D eigenvalue weighted by atomic mass is 35.5. The number of thiophene rings is 1. The summed E-state index contributed by atoms with van der Waals surface area (Å²) in [7, 11) is 1.69. The lowest BCUT2D eigenvalue weighted by Crippen LogP contribution is -2.15. The summed E-state index contributed by atoms with van der Waals surface area (Å²) in [5.74, 6) is 0. The van der Waals surface area contributed by atoms with Gasteiger partial charge in [0.2, 0.25) is 0 Å². The number of hydrogen-bond donors (Lipinski definition) is 1. The smallest absolute Gasteiger partial charge is 0.0700 e. The molecule has 3 nitrogen and oxygen atoms in total. The van der Waals surface area contributed by atoms with Crippen LogP contribution in [0.2, 0.25) is 5.02 Å². The summed E-state index contributed by atoms with van der Waals surface area (Å²) in [4.78, 5) is 1.22. The highest BCUT2D eigenvalue weighted by Gasteiger charge is 2.08. The lowest BCUT2D eigenvalue weighted by atomic mass is 10.2. The fraction of sp³-hybridized carbons (Fsp3) is 0.500. The highest BCUT2D eigenvalue weighted by Crippen LogP contribution is 2.34. The highest BCUT2D eigenvalue weighted by molar-refractivity contribution is 7.19. The summed E-state index contributed by atoms with van der Waals surface area (Å²) in [5.41, 5.74) is 0. The maximum Gasteiger partial charge on any atom is 0.0700 e. The SMILES string of the molecule is COCCOCCCCNCc1sc2ccccc2c1Cl. The molecule has 0 aliphatic rings. The van der Waals surface area contributed by atoms with Crippen LogP contribution in [0.15, 0.2) is 24.3 Å². The molecule has 0 saturated heterocycles. The Hall–Kier alpha value is -0.650. The van der Waals surface area contributed by atoms with Crippen LogP contribution in [0.25, 0.3) is 10.1 Å². The second kappa shape index (κ2) is 9.38. The van der Waals surface area contributed by atoms with Crippen LogP contribution >= 0.6 is 22.9 Å². The van der Waals surface area contributed by atoms with Crippen LogP contribution in [0.3, 0.4) is 0 Å². The first kappa shape index (κ1) is 16.7. The number of methoxy groups -OCH3 is 1. The van der Waals surface area contributed by atoms with Gasteiger partial charge in [0, 0.05) is 35.2 Å². The van der Waals surface area contributed by atoms with Crippen molar-refractivity contribution < 1.29 is 9.47 Å². The molecule has 0 fully saturated rings. The van der Waals surface area contributed by atoms with Gasteiger partial charge in [-0.3, -0.25) is 0 Å². The number of halogens is 1. The van der Waals surface area contributed by atoms with Gasteiger partial charge in [0.1, 0.15) is 0 Å². The van der Waals surface area contributed by atoms with E-state index in [4.69, 9.17) is 21.1 Å². The summed E-state index contributed by atoms with van der Waals surface area (Å²) >= 11 is 8.17. The first-order chi connectivity index (χ1) is 10.3. The standard InChI is InChI=1S/C16H22ClNO2S/c1-19-10-11-20-9-5-4-8-18-12-15-16(17)13-6-2-3-7-14(13)21-15/h2-3,6-7,18H,4-5,8-12H2,1H3. The molecule has 2 rings (SSSR count). The van der Waals surface area contributed by atoms with Gasteiger partial charge in [0.05, 0.1) is 18.2 Å². The Morgan fingerprint density at radius 2 is 2.00 bits per heavy atom. The Labute approximate surface area is 135 Å². The van der Waals surface area contributed by atoms with Crippen LogP contribution in [0.4, 0.5) is 0 Å². The number of unbranched alkanes of at least 4 members (excludes halogenated alkanes) is 1. The summed E-state index contributed by atoms with van der Waals surface area (Å²) in [6.07, 6.45) is 2.17.